The van der Waals surface area contributed by atoms with Gasteiger partial charge in [-0.3, -0.25) is 4.79 Å². The maximum absolute atomic E-state index is 14.3. The lowest BCUT2D eigenvalue weighted by Crippen LogP contribution is -2.64. The highest BCUT2D eigenvalue weighted by Crippen LogP contribution is 2.72. The fourth-order valence-electron chi connectivity index (χ4n) is 10.6. The molecule has 17 atom stereocenters. The number of carbonyl (C=O) groups excluding carboxylic acids is 1. The molecule has 2 aliphatic heterocycles. The van der Waals surface area contributed by atoms with Crippen molar-refractivity contribution in [3.8, 4) is 0 Å². The van der Waals surface area contributed by atoms with Crippen molar-refractivity contribution in [3.63, 3.8) is 0 Å². The monoisotopic (exact) mass is 642 g/mol. The van der Waals surface area contributed by atoms with E-state index in [4.69, 9.17) is 18.9 Å². The summed E-state index contributed by atoms with van der Waals surface area (Å²) in [7, 11) is 0. The molecule has 6 rings (SSSR count). The summed E-state index contributed by atoms with van der Waals surface area (Å²) in [4.78, 5) is 14.3. The first-order valence-electron chi connectivity index (χ1n) is 16.3. The average Bonchev–Trinajstić information content (AvgIpc) is 3.23. The van der Waals surface area contributed by atoms with Gasteiger partial charge in [0.25, 0.3) is 0 Å². The van der Waals surface area contributed by atoms with Gasteiger partial charge in [0.15, 0.2) is 6.29 Å². The molecular formula is C32H50O13. The molecule has 1 spiro atoms. The molecule has 2 bridgehead atoms. The highest BCUT2D eigenvalue weighted by Gasteiger charge is 2.67. The number of ether oxygens (including phenoxy) is 4. The minimum Gasteiger partial charge on any atom is -0.432 e. The summed E-state index contributed by atoms with van der Waals surface area (Å²) in [5.41, 5.74) is -0.292. The molecule has 4 aliphatic carbocycles. The molecule has 0 aromatic rings. The quantitative estimate of drug-likeness (QED) is 0.100. The van der Waals surface area contributed by atoms with Crippen LogP contribution in [0, 0.1) is 34.0 Å². The zero-order valence-corrected chi connectivity index (χ0v) is 26.0. The Hall–Kier alpha value is -1.23. The summed E-state index contributed by atoms with van der Waals surface area (Å²) in [6, 6.07) is 0. The van der Waals surface area contributed by atoms with Gasteiger partial charge in [-0.2, -0.15) is 0 Å². The van der Waals surface area contributed by atoms with Crippen molar-refractivity contribution in [2.75, 3.05) is 13.2 Å². The van der Waals surface area contributed by atoms with Crippen LogP contribution in [-0.4, -0.2) is 128 Å². The van der Waals surface area contributed by atoms with Crippen molar-refractivity contribution in [3.05, 3.63) is 12.2 Å². The summed E-state index contributed by atoms with van der Waals surface area (Å²) in [6.45, 7) is 7.10. The van der Waals surface area contributed by atoms with Gasteiger partial charge < -0.3 is 59.8 Å². The highest BCUT2D eigenvalue weighted by molar-refractivity contribution is 5.77. The lowest BCUT2D eigenvalue weighted by Gasteiger charge is -2.64. The van der Waals surface area contributed by atoms with Crippen LogP contribution in [0.2, 0.25) is 0 Å². The standard InChI is InChI=1S/C32H50O13/c1-14-8-32-7-6-19-30(2,20(32)5-4-15(14)9-32)10-16(42-27-25(39)23(37)21(35)17(12-33)43-27)11-31(19,3)29(41)45-28-26(40)24(38)22(36)18(13-34)44-28/h15-28,33-40H,1,4-13H2,2-3H3/t15-,16+,17-,18-,19+,20+,21-,22-,23+,24+,25-,26-,27-,28+,30-,31-,32-/m1/s1. The van der Waals surface area contributed by atoms with E-state index in [0.29, 0.717) is 12.3 Å². The van der Waals surface area contributed by atoms with Crippen LogP contribution in [0.15, 0.2) is 12.2 Å². The van der Waals surface area contributed by atoms with Gasteiger partial charge in [0.05, 0.1) is 24.7 Å². The zero-order chi connectivity index (χ0) is 32.6. The molecule has 2 saturated heterocycles. The maximum atomic E-state index is 14.3. The van der Waals surface area contributed by atoms with Crippen LogP contribution in [0.3, 0.4) is 0 Å². The number of fused-ring (bicyclic) bond motifs is 3. The molecule has 6 aliphatic rings. The van der Waals surface area contributed by atoms with Crippen molar-refractivity contribution in [2.24, 2.45) is 34.0 Å². The second-order valence-electron chi connectivity index (χ2n) is 15.2. The third kappa shape index (κ3) is 5.30. The maximum Gasteiger partial charge on any atom is 0.314 e. The van der Waals surface area contributed by atoms with Crippen LogP contribution >= 0.6 is 0 Å². The third-order valence-electron chi connectivity index (χ3n) is 12.7. The number of aliphatic hydroxyl groups excluding tert-OH is 8. The molecule has 0 amide bonds. The Morgan fingerprint density at radius 1 is 0.800 bits per heavy atom. The molecule has 0 aromatic heterocycles. The first-order valence-corrected chi connectivity index (χ1v) is 16.3. The Bertz CT molecular complexity index is 1130. The van der Waals surface area contributed by atoms with E-state index in [1.54, 1.807) is 6.92 Å². The minimum absolute atomic E-state index is 0.0539. The topological polar surface area (TPSA) is 216 Å². The number of allylic oxidation sites excluding steroid dienone is 1. The molecule has 13 heteroatoms. The largest absolute Gasteiger partial charge is 0.432 e. The number of aliphatic hydroxyl groups is 8. The molecule has 13 nitrogen and oxygen atoms in total. The molecule has 45 heavy (non-hydrogen) atoms. The van der Waals surface area contributed by atoms with Crippen molar-refractivity contribution < 1.29 is 64.6 Å². The van der Waals surface area contributed by atoms with E-state index in [0.717, 1.165) is 38.5 Å². The van der Waals surface area contributed by atoms with Gasteiger partial charge in [-0.25, -0.2) is 0 Å². The Kier molecular flexibility index (Phi) is 9.00. The summed E-state index contributed by atoms with van der Waals surface area (Å²) in [6.07, 6.45) is -9.61. The molecule has 8 N–H and O–H groups in total. The van der Waals surface area contributed by atoms with E-state index < -0.39 is 97.5 Å². The first kappa shape index (κ1) is 33.7. The van der Waals surface area contributed by atoms with Gasteiger partial charge in [0.1, 0.15) is 48.8 Å². The van der Waals surface area contributed by atoms with E-state index >= 15 is 0 Å². The predicted octanol–water partition coefficient (Wildman–Crippen LogP) is -0.906. The smallest absolute Gasteiger partial charge is 0.314 e. The predicted molar refractivity (Wildman–Crippen MR) is 154 cm³/mol. The molecule has 0 aromatic carbocycles. The van der Waals surface area contributed by atoms with Crippen LogP contribution in [0.25, 0.3) is 0 Å². The molecule has 4 saturated carbocycles. The third-order valence-corrected chi connectivity index (χ3v) is 12.7. The van der Waals surface area contributed by atoms with Crippen LogP contribution in [0.5, 0.6) is 0 Å². The van der Waals surface area contributed by atoms with E-state index in [2.05, 4.69) is 13.5 Å². The van der Waals surface area contributed by atoms with Gasteiger partial charge in [-0.05, 0) is 86.9 Å². The molecule has 0 unspecified atom stereocenters. The van der Waals surface area contributed by atoms with Crippen LogP contribution in [0.4, 0.5) is 0 Å². The fraction of sp³-hybridized carbons (Fsp3) is 0.906. The number of rotatable bonds is 6. The summed E-state index contributed by atoms with van der Waals surface area (Å²) >= 11 is 0. The second kappa shape index (κ2) is 12.0. The highest BCUT2D eigenvalue weighted by atomic mass is 16.7. The zero-order valence-electron chi connectivity index (χ0n) is 26.0. The summed E-state index contributed by atoms with van der Waals surface area (Å²) in [5.74, 6) is -0.128. The molecule has 6 fully saturated rings. The molecule has 256 valence electrons. The average molecular weight is 643 g/mol. The number of hydrogen-bond donors (Lipinski definition) is 8. The van der Waals surface area contributed by atoms with E-state index in [1.165, 1.54) is 5.57 Å². The summed E-state index contributed by atoms with van der Waals surface area (Å²) in [5, 5.41) is 82.0. The van der Waals surface area contributed by atoms with Gasteiger partial charge >= 0.3 is 5.97 Å². The van der Waals surface area contributed by atoms with Gasteiger partial charge in [-0.15, -0.1) is 0 Å². The van der Waals surface area contributed by atoms with Crippen LogP contribution in [0.1, 0.15) is 65.2 Å². The van der Waals surface area contributed by atoms with E-state index in [9.17, 15) is 45.6 Å². The lowest BCUT2D eigenvalue weighted by atomic mass is 9.40. The van der Waals surface area contributed by atoms with Crippen LogP contribution < -0.4 is 0 Å². The number of carbonyl (C=O) groups is 1. The van der Waals surface area contributed by atoms with E-state index in [1.807, 2.05) is 0 Å². The van der Waals surface area contributed by atoms with Crippen molar-refractivity contribution >= 4 is 5.97 Å². The van der Waals surface area contributed by atoms with Crippen molar-refractivity contribution in [1.29, 1.82) is 0 Å². The summed E-state index contributed by atoms with van der Waals surface area (Å²) < 4.78 is 23.3. The normalized spacial score (nSPS) is 54.7. The number of hydrogen-bond acceptors (Lipinski definition) is 13. The lowest BCUT2D eigenvalue weighted by molar-refractivity contribution is -0.324. The molecular weight excluding hydrogens is 592 g/mol. The second-order valence-corrected chi connectivity index (χ2v) is 15.2. The Morgan fingerprint density at radius 3 is 2.02 bits per heavy atom. The SMILES string of the molecule is C=C1C[C@@]23CC[C@H]4[C@@](C)(C[C@H](O[C@@H]5O[C@H](CO)[C@@H](O)[C@H](O)[C@H]5O)C[C@@]4(C)C(=O)O[C@@H]4O[C@H](CO)[C@@H](O)[C@H](O)[C@H]4O)[C@@H]2CC[C@@H]1C3. The number of esters is 1. The minimum atomic E-state index is -1.75. The van der Waals surface area contributed by atoms with Gasteiger partial charge in [0, 0.05) is 0 Å². The molecule has 0 radical (unpaired) electrons. The van der Waals surface area contributed by atoms with Gasteiger partial charge in [-0.1, -0.05) is 19.1 Å². The van der Waals surface area contributed by atoms with Gasteiger partial charge in [0.2, 0.25) is 6.29 Å². The first-order chi connectivity index (χ1) is 21.2. The molecule has 2 heterocycles. The Morgan fingerprint density at radius 2 is 1.40 bits per heavy atom. The fourth-order valence-corrected chi connectivity index (χ4v) is 10.6. The van der Waals surface area contributed by atoms with Crippen LogP contribution in [-0.2, 0) is 23.7 Å². The Balaban J connectivity index is 1.31. The van der Waals surface area contributed by atoms with Crippen molar-refractivity contribution in [2.45, 2.75) is 133 Å². The Labute approximate surface area is 262 Å². The van der Waals surface area contributed by atoms with Crippen molar-refractivity contribution in [1.82, 2.24) is 0 Å². The van der Waals surface area contributed by atoms with E-state index in [-0.39, 0.29) is 23.7 Å².